The number of rotatable bonds is 6. The minimum Gasteiger partial charge on any atom is -0.360 e. The number of nitrogens with zero attached hydrogens (tertiary/aromatic N) is 1. The van der Waals surface area contributed by atoms with E-state index in [1.807, 2.05) is 36.5 Å². The second-order valence-electron chi connectivity index (χ2n) is 6.71. The lowest BCUT2D eigenvalue weighted by atomic mass is 10.1. The van der Waals surface area contributed by atoms with Crippen molar-refractivity contribution < 1.29 is 4.79 Å². The Morgan fingerprint density at radius 2 is 2.11 bits per heavy atom. The standard InChI is InChI=1S/C20H18Cl2N4OS/c21-14-3-1-11(16(22)8-14)6-15(23)9-24-20-25-10-18(28-20)12-2-4-17-13(5-12)7-19(27)26-17/h1-5,8,10,15H,6-7,9,23H2,(H,24,25)(H,26,27). The Balaban J connectivity index is 1.37. The maximum absolute atomic E-state index is 11.5. The summed E-state index contributed by atoms with van der Waals surface area (Å²) >= 11 is 13.7. The monoisotopic (exact) mass is 432 g/mol. The molecule has 3 aromatic rings. The van der Waals surface area contributed by atoms with Crippen LogP contribution in [0.15, 0.2) is 42.6 Å². The van der Waals surface area contributed by atoms with Crippen molar-refractivity contribution in [1.82, 2.24) is 4.98 Å². The first-order valence-corrected chi connectivity index (χ1v) is 10.4. The summed E-state index contributed by atoms with van der Waals surface area (Å²) in [5, 5.41) is 8.19. The number of halogens is 2. The van der Waals surface area contributed by atoms with E-state index in [9.17, 15) is 4.79 Å². The second-order valence-corrected chi connectivity index (χ2v) is 8.58. The van der Waals surface area contributed by atoms with Gasteiger partial charge in [0.1, 0.15) is 0 Å². The van der Waals surface area contributed by atoms with Crippen molar-refractivity contribution >= 4 is 51.3 Å². The van der Waals surface area contributed by atoms with Gasteiger partial charge in [-0.25, -0.2) is 4.98 Å². The average molecular weight is 433 g/mol. The molecule has 2 heterocycles. The largest absolute Gasteiger partial charge is 0.360 e. The van der Waals surface area contributed by atoms with Crippen molar-refractivity contribution in [3.8, 4) is 10.4 Å². The van der Waals surface area contributed by atoms with E-state index in [4.69, 9.17) is 28.9 Å². The molecule has 1 unspecified atom stereocenters. The zero-order chi connectivity index (χ0) is 19.7. The summed E-state index contributed by atoms with van der Waals surface area (Å²) in [6.07, 6.45) is 2.91. The van der Waals surface area contributed by atoms with Crippen molar-refractivity contribution in [1.29, 1.82) is 0 Å². The summed E-state index contributed by atoms with van der Waals surface area (Å²) < 4.78 is 0. The lowest BCUT2D eigenvalue weighted by molar-refractivity contribution is -0.115. The van der Waals surface area contributed by atoms with Gasteiger partial charge in [-0.3, -0.25) is 4.79 Å². The van der Waals surface area contributed by atoms with E-state index >= 15 is 0 Å². The molecule has 4 N–H and O–H groups in total. The van der Waals surface area contributed by atoms with Crippen LogP contribution in [0.3, 0.4) is 0 Å². The van der Waals surface area contributed by atoms with E-state index < -0.39 is 0 Å². The Kier molecular flexibility index (Phi) is 5.55. The molecule has 4 rings (SSSR count). The Labute approximate surface area is 176 Å². The highest BCUT2D eigenvalue weighted by Gasteiger charge is 2.18. The van der Waals surface area contributed by atoms with Crippen molar-refractivity contribution in [3.63, 3.8) is 0 Å². The zero-order valence-electron chi connectivity index (χ0n) is 14.8. The summed E-state index contributed by atoms with van der Waals surface area (Å²) in [5.41, 5.74) is 10.2. The van der Waals surface area contributed by atoms with Crippen molar-refractivity contribution in [2.45, 2.75) is 18.9 Å². The van der Waals surface area contributed by atoms with Crippen molar-refractivity contribution in [2.75, 3.05) is 17.2 Å². The summed E-state index contributed by atoms with van der Waals surface area (Å²) in [4.78, 5) is 17.0. The fourth-order valence-corrected chi connectivity index (χ4v) is 4.44. The molecule has 0 radical (unpaired) electrons. The topological polar surface area (TPSA) is 80.0 Å². The molecule has 1 aliphatic rings. The summed E-state index contributed by atoms with van der Waals surface area (Å²) in [5.74, 6) is 0.0357. The quantitative estimate of drug-likeness (QED) is 0.531. The highest BCUT2D eigenvalue weighted by molar-refractivity contribution is 7.18. The fourth-order valence-electron chi connectivity index (χ4n) is 3.13. The lowest BCUT2D eigenvalue weighted by Gasteiger charge is -2.13. The first kappa shape index (κ1) is 19.2. The number of thiazole rings is 1. The molecule has 1 aliphatic heterocycles. The molecule has 0 saturated carbocycles. The normalized spacial score (nSPS) is 13.9. The molecule has 0 bridgehead atoms. The van der Waals surface area contributed by atoms with Gasteiger partial charge in [0, 0.05) is 34.5 Å². The van der Waals surface area contributed by atoms with E-state index in [-0.39, 0.29) is 11.9 Å². The Bertz CT molecular complexity index is 1040. The number of hydrogen-bond donors (Lipinski definition) is 3. The molecule has 0 spiro atoms. The smallest absolute Gasteiger partial charge is 0.228 e. The molecule has 0 saturated heterocycles. The third-order valence-electron chi connectivity index (χ3n) is 4.53. The van der Waals surface area contributed by atoms with Gasteiger partial charge in [-0.15, -0.1) is 0 Å². The highest BCUT2D eigenvalue weighted by Crippen LogP contribution is 2.33. The first-order chi connectivity index (χ1) is 13.5. The van der Waals surface area contributed by atoms with E-state index in [1.54, 1.807) is 17.4 Å². The Hall–Kier alpha value is -2.12. The Morgan fingerprint density at radius 1 is 1.25 bits per heavy atom. The van der Waals surface area contributed by atoms with Gasteiger partial charge >= 0.3 is 0 Å². The zero-order valence-corrected chi connectivity index (χ0v) is 17.2. The van der Waals surface area contributed by atoms with E-state index in [1.165, 1.54) is 0 Å². The molecule has 8 heteroatoms. The minimum absolute atomic E-state index is 0.0357. The molecular formula is C20H18Cl2N4OS. The third kappa shape index (κ3) is 4.31. The van der Waals surface area contributed by atoms with Crippen LogP contribution in [0, 0.1) is 0 Å². The van der Waals surface area contributed by atoms with Crippen molar-refractivity contribution in [3.05, 3.63) is 63.8 Å². The second kappa shape index (κ2) is 8.09. The highest BCUT2D eigenvalue weighted by atomic mass is 35.5. The van der Waals surface area contributed by atoms with Crippen LogP contribution in [-0.2, 0) is 17.6 Å². The van der Waals surface area contributed by atoms with Crippen LogP contribution >= 0.6 is 34.5 Å². The van der Waals surface area contributed by atoms with E-state index in [2.05, 4.69) is 15.6 Å². The predicted octanol–water partition coefficient (Wildman–Crippen LogP) is 4.59. The molecule has 1 aromatic heterocycles. The Morgan fingerprint density at radius 3 is 2.93 bits per heavy atom. The van der Waals surface area contributed by atoms with Gasteiger partial charge in [0.15, 0.2) is 5.13 Å². The van der Waals surface area contributed by atoms with Gasteiger partial charge < -0.3 is 16.4 Å². The van der Waals surface area contributed by atoms with Crippen LogP contribution in [0.2, 0.25) is 10.0 Å². The number of amides is 1. The third-order valence-corrected chi connectivity index (χ3v) is 6.12. The van der Waals surface area contributed by atoms with Crippen LogP contribution < -0.4 is 16.4 Å². The van der Waals surface area contributed by atoms with Gasteiger partial charge in [-0.05, 0) is 47.4 Å². The maximum atomic E-state index is 11.5. The van der Waals surface area contributed by atoms with Gasteiger partial charge in [0.2, 0.25) is 5.91 Å². The molecule has 28 heavy (non-hydrogen) atoms. The number of benzene rings is 2. The van der Waals surface area contributed by atoms with Crippen LogP contribution in [-0.4, -0.2) is 23.5 Å². The molecule has 1 atom stereocenters. The maximum Gasteiger partial charge on any atom is 0.228 e. The van der Waals surface area contributed by atoms with E-state index in [0.717, 1.165) is 32.4 Å². The molecular weight excluding hydrogens is 415 g/mol. The summed E-state index contributed by atoms with van der Waals surface area (Å²) in [6.45, 7) is 0.578. The average Bonchev–Trinajstić information content (AvgIpc) is 3.27. The molecule has 1 amide bonds. The van der Waals surface area contributed by atoms with Gasteiger partial charge in [-0.2, -0.15) is 0 Å². The minimum atomic E-state index is -0.108. The van der Waals surface area contributed by atoms with Crippen LogP contribution in [0.25, 0.3) is 10.4 Å². The van der Waals surface area contributed by atoms with Crippen LogP contribution in [0.1, 0.15) is 11.1 Å². The van der Waals surface area contributed by atoms with Gasteiger partial charge in [-0.1, -0.05) is 46.7 Å². The van der Waals surface area contributed by atoms with Gasteiger partial charge in [0.05, 0.1) is 11.3 Å². The number of carbonyl (C=O) groups is 1. The number of anilines is 2. The first-order valence-electron chi connectivity index (χ1n) is 8.80. The lowest BCUT2D eigenvalue weighted by Crippen LogP contribution is -2.31. The number of aromatic nitrogens is 1. The summed E-state index contributed by atoms with van der Waals surface area (Å²) in [7, 11) is 0. The molecule has 144 valence electrons. The van der Waals surface area contributed by atoms with Crippen LogP contribution in [0.5, 0.6) is 0 Å². The molecule has 0 aliphatic carbocycles. The van der Waals surface area contributed by atoms with Crippen molar-refractivity contribution in [2.24, 2.45) is 5.73 Å². The summed E-state index contributed by atoms with van der Waals surface area (Å²) in [6, 6.07) is 11.3. The van der Waals surface area contributed by atoms with Crippen LogP contribution in [0.4, 0.5) is 10.8 Å². The number of fused-ring (bicyclic) bond motifs is 1. The SMILES string of the molecule is NC(CNc1ncc(-c2ccc3c(c2)CC(=O)N3)s1)Cc1ccc(Cl)cc1Cl. The molecule has 0 fully saturated rings. The number of hydrogen-bond acceptors (Lipinski definition) is 5. The van der Waals surface area contributed by atoms with E-state index in [0.29, 0.717) is 29.4 Å². The molecule has 2 aromatic carbocycles. The molecule has 5 nitrogen and oxygen atoms in total. The fraction of sp³-hybridized carbons (Fsp3) is 0.200. The number of carbonyl (C=O) groups excluding carboxylic acids is 1. The van der Waals surface area contributed by atoms with Gasteiger partial charge in [0.25, 0.3) is 0 Å². The number of nitrogens with one attached hydrogen (secondary N) is 2. The number of nitrogens with two attached hydrogens (primary N) is 1. The predicted molar refractivity (Wildman–Crippen MR) is 117 cm³/mol.